The van der Waals surface area contributed by atoms with E-state index in [9.17, 15) is 19.7 Å². The van der Waals surface area contributed by atoms with Crippen molar-refractivity contribution in [2.24, 2.45) is 7.05 Å². The number of non-ortho nitro benzene ring substituents is 1. The van der Waals surface area contributed by atoms with Crippen LogP contribution in [0.2, 0.25) is 0 Å². The smallest absolute Gasteiger partial charge is 0.277 e. The average molecular weight is 331 g/mol. The third kappa shape index (κ3) is 2.92. The Balaban J connectivity index is 1.88. The molecule has 0 unspecified atom stereocenters. The molecule has 1 aromatic carbocycles. The van der Waals surface area contributed by atoms with Gasteiger partial charge in [-0.1, -0.05) is 11.3 Å². The van der Waals surface area contributed by atoms with Crippen LogP contribution in [0.15, 0.2) is 35.1 Å². The van der Waals surface area contributed by atoms with Crippen LogP contribution in [-0.2, 0) is 7.05 Å². The van der Waals surface area contributed by atoms with E-state index < -0.39 is 10.8 Å². The molecule has 10 heteroatoms. The molecule has 0 saturated carbocycles. The van der Waals surface area contributed by atoms with Gasteiger partial charge in [-0.05, 0) is 12.1 Å². The molecule has 0 aliphatic rings. The summed E-state index contributed by atoms with van der Waals surface area (Å²) in [6.45, 7) is 0. The molecule has 23 heavy (non-hydrogen) atoms. The van der Waals surface area contributed by atoms with E-state index >= 15 is 0 Å². The van der Waals surface area contributed by atoms with Crippen molar-refractivity contribution >= 4 is 38.3 Å². The lowest BCUT2D eigenvalue weighted by atomic mass is 10.3. The molecule has 0 radical (unpaired) electrons. The average Bonchev–Trinajstić information content (AvgIpc) is 2.90. The van der Waals surface area contributed by atoms with Gasteiger partial charge in [-0.25, -0.2) is 9.67 Å². The van der Waals surface area contributed by atoms with Gasteiger partial charge in [0, 0.05) is 25.2 Å². The highest BCUT2D eigenvalue weighted by Crippen LogP contribution is 2.29. The molecule has 0 saturated heterocycles. The number of anilines is 1. The summed E-state index contributed by atoms with van der Waals surface area (Å²) in [5.41, 5.74) is 0.245. The number of benzene rings is 1. The second-order valence-electron chi connectivity index (χ2n) is 4.56. The van der Waals surface area contributed by atoms with Crippen LogP contribution < -0.4 is 10.9 Å². The summed E-state index contributed by atoms with van der Waals surface area (Å²) in [5, 5.41) is 17.5. The van der Waals surface area contributed by atoms with E-state index in [2.05, 4.69) is 15.4 Å². The number of nitrogens with one attached hydrogen (secondary N) is 1. The number of hydrogen-bond donors (Lipinski definition) is 1. The molecular weight excluding hydrogens is 322 g/mol. The maximum atomic E-state index is 12.1. The van der Waals surface area contributed by atoms with Gasteiger partial charge in [-0.3, -0.25) is 25.0 Å². The summed E-state index contributed by atoms with van der Waals surface area (Å²) in [4.78, 5) is 37.8. The first-order valence-electron chi connectivity index (χ1n) is 6.35. The van der Waals surface area contributed by atoms with Crippen LogP contribution in [0, 0.1) is 10.1 Å². The summed E-state index contributed by atoms with van der Waals surface area (Å²) in [7, 11) is 1.44. The van der Waals surface area contributed by atoms with E-state index in [1.807, 2.05) is 0 Å². The summed E-state index contributed by atoms with van der Waals surface area (Å²) >= 11 is 1.12. The first-order valence-corrected chi connectivity index (χ1v) is 7.16. The lowest BCUT2D eigenvalue weighted by molar-refractivity contribution is -0.384. The maximum absolute atomic E-state index is 12.1. The SMILES string of the molecule is Cn1nc(C(=O)Nc2nc3ccc([N+](=O)[O-])cc3s2)ccc1=O. The molecule has 2 heterocycles. The van der Waals surface area contributed by atoms with Crippen molar-refractivity contribution in [2.45, 2.75) is 0 Å². The highest BCUT2D eigenvalue weighted by atomic mass is 32.1. The minimum atomic E-state index is -0.519. The molecule has 3 rings (SSSR count). The van der Waals surface area contributed by atoms with Gasteiger partial charge in [0.1, 0.15) is 5.69 Å². The molecule has 0 aliphatic carbocycles. The van der Waals surface area contributed by atoms with Crippen LogP contribution >= 0.6 is 11.3 Å². The van der Waals surface area contributed by atoms with Gasteiger partial charge in [0.15, 0.2) is 5.13 Å². The van der Waals surface area contributed by atoms with Crippen LogP contribution in [0.5, 0.6) is 0 Å². The second kappa shape index (κ2) is 5.57. The van der Waals surface area contributed by atoms with Crippen LogP contribution in [0.25, 0.3) is 10.2 Å². The first kappa shape index (κ1) is 14.8. The Morgan fingerprint density at radius 2 is 2.13 bits per heavy atom. The van der Waals surface area contributed by atoms with Gasteiger partial charge in [0.05, 0.1) is 15.1 Å². The molecule has 1 amide bonds. The number of amides is 1. The number of aromatic nitrogens is 3. The van der Waals surface area contributed by atoms with Gasteiger partial charge in [-0.2, -0.15) is 5.10 Å². The van der Waals surface area contributed by atoms with Crippen molar-refractivity contribution in [2.75, 3.05) is 5.32 Å². The van der Waals surface area contributed by atoms with E-state index in [1.54, 1.807) is 0 Å². The molecule has 0 aliphatic heterocycles. The Hall–Kier alpha value is -3.14. The number of aryl methyl sites for hydroxylation is 1. The normalized spacial score (nSPS) is 10.7. The van der Waals surface area contributed by atoms with E-state index in [0.29, 0.717) is 15.3 Å². The molecule has 1 N–H and O–H groups in total. The topological polar surface area (TPSA) is 120 Å². The van der Waals surface area contributed by atoms with E-state index in [0.717, 1.165) is 16.0 Å². The zero-order valence-corrected chi connectivity index (χ0v) is 12.5. The predicted octanol–water partition coefficient (Wildman–Crippen LogP) is 1.55. The molecule has 3 aromatic rings. The van der Waals surface area contributed by atoms with Gasteiger partial charge < -0.3 is 0 Å². The number of nitro groups is 1. The molecule has 0 bridgehead atoms. The number of thiazole rings is 1. The number of rotatable bonds is 3. The molecular formula is C13H9N5O4S. The van der Waals surface area contributed by atoms with Crippen molar-refractivity contribution in [1.82, 2.24) is 14.8 Å². The standard InChI is InChI=1S/C13H9N5O4S/c1-17-11(19)5-4-9(16-17)12(20)15-13-14-8-3-2-7(18(21)22)6-10(8)23-13/h2-6H,1H3,(H,14,15,20). The minimum Gasteiger partial charge on any atom is -0.296 e. The Morgan fingerprint density at radius 3 is 2.83 bits per heavy atom. The fourth-order valence-corrected chi connectivity index (χ4v) is 2.76. The molecule has 116 valence electrons. The second-order valence-corrected chi connectivity index (χ2v) is 5.59. The van der Waals surface area contributed by atoms with Crippen LogP contribution in [0.3, 0.4) is 0 Å². The van der Waals surface area contributed by atoms with Crippen molar-refractivity contribution in [3.8, 4) is 0 Å². The molecule has 0 atom stereocenters. The van der Waals surface area contributed by atoms with Crippen LogP contribution in [0.1, 0.15) is 10.5 Å². The molecule has 2 aromatic heterocycles. The van der Waals surface area contributed by atoms with Crippen LogP contribution in [0.4, 0.5) is 10.8 Å². The number of nitrogens with zero attached hydrogens (tertiary/aromatic N) is 4. The molecule has 9 nitrogen and oxygen atoms in total. The highest BCUT2D eigenvalue weighted by molar-refractivity contribution is 7.22. The quantitative estimate of drug-likeness (QED) is 0.574. The number of nitro benzene ring substituents is 1. The molecule has 0 fully saturated rings. The summed E-state index contributed by atoms with van der Waals surface area (Å²) in [6.07, 6.45) is 0. The van der Waals surface area contributed by atoms with Crippen molar-refractivity contribution in [3.63, 3.8) is 0 Å². The third-order valence-corrected chi connectivity index (χ3v) is 3.93. The van der Waals surface area contributed by atoms with Gasteiger partial charge in [0.2, 0.25) is 0 Å². The van der Waals surface area contributed by atoms with Crippen molar-refractivity contribution < 1.29 is 9.72 Å². The largest absolute Gasteiger partial charge is 0.296 e. The number of carbonyl (C=O) groups is 1. The zero-order valence-electron chi connectivity index (χ0n) is 11.7. The van der Waals surface area contributed by atoms with E-state index in [1.165, 1.54) is 37.4 Å². The highest BCUT2D eigenvalue weighted by Gasteiger charge is 2.14. The Bertz CT molecular complexity index is 993. The number of hydrogen-bond acceptors (Lipinski definition) is 7. The van der Waals surface area contributed by atoms with Crippen molar-refractivity contribution in [1.29, 1.82) is 0 Å². The van der Waals surface area contributed by atoms with E-state index in [4.69, 9.17) is 0 Å². The minimum absolute atomic E-state index is 0.0428. The maximum Gasteiger partial charge on any atom is 0.277 e. The Kier molecular flexibility index (Phi) is 3.58. The van der Waals surface area contributed by atoms with Gasteiger partial charge >= 0.3 is 0 Å². The van der Waals surface area contributed by atoms with Crippen molar-refractivity contribution in [3.05, 3.63) is 56.5 Å². The Morgan fingerprint density at radius 1 is 1.35 bits per heavy atom. The monoisotopic (exact) mass is 331 g/mol. The molecule has 0 spiro atoms. The number of fused-ring (bicyclic) bond motifs is 1. The first-order chi connectivity index (χ1) is 10.9. The zero-order chi connectivity index (χ0) is 16.6. The summed E-state index contributed by atoms with van der Waals surface area (Å²) < 4.78 is 1.64. The third-order valence-electron chi connectivity index (χ3n) is 3.00. The van der Waals surface area contributed by atoms with Gasteiger partial charge in [0.25, 0.3) is 17.2 Å². The van der Waals surface area contributed by atoms with Gasteiger partial charge in [-0.15, -0.1) is 0 Å². The fraction of sp³-hybridized carbons (Fsp3) is 0.0769. The summed E-state index contributed by atoms with van der Waals surface area (Å²) in [6, 6.07) is 6.82. The lowest BCUT2D eigenvalue weighted by Gasteiger charge is -2.01. The Labute approximate surface area is 132 Å². The van der Waals surface area contributed by atoms with Crippen LogP contribution in [-0.4, -0.2) is 25.6 Å². The fourth-order valence-electron chi connectivity index (χ4n) is 1.86. The number of carbonyl (C=O) groups excluding carboxylic acids is 1. The van der Waals surface area contributed by atoms with E-state index in [-0.39, 0.29) is 16.9 Å². The lowest BCUT2D eigenvalue weighted by Crippen LogP contribution is -2.23. The summed E-state index contributed by atoms with van der Waals surface area (Å²) in [5.74, 6) is -0.519. The predicted molar refractivity (Wildman–Crippen MR) is 83.7 cm³/mol.